The van der Waals surface area contributed by atoms with Gasteiger partial charge in [0.15, 0.2) is 9.84 Å². The summed E-state index contributed by atoms with van der Waals surface area (Å²) in [6, 6.07) is 8.97. The molecular formula is C18H14N2O6S3. The van der Waals surface area contributed by atoms with Gasteiger partial charge >= 0.3 is 0 Å². The molecule has 0 spiro atoms. The minimum absolute atomic E-state index is 0.0468. The van der Waals surface area contributed by atoms with E-state index >= 15 is 0 Å². The van der Waals surface area contributed by atoms with E-state index < -0.39 is 20.8 Å². The van der Waals surface area contributed by atoms with Crippen LogP contribution in [0.5, 0.6) is 0 Å². The molecule has 0 saturated carbocycles. The predicted molar refractivity (Wildman–Crippen MR) is 113 cm³/mol. The number of sulfone groups is 1. The van der Waals surface area contributed by atoms with Crippen LogP contribution in [0.15, 0.2) is 45.7 Å². The maximum absolute atomic E-state index is 12.8. The van der Waals surface area contributed by atoms with E-state index in [0.29, 0.717) is 32.7 Å². The van der Waals surface area contributed by atoms with Crippen LogP contribution in [-0.2, 0) is 14.6 Å². The normalized spacial score (nSPS) is 22.6. The van der Waals surface area contributed by atoms with Crippen LogP contribution in [-0.4, -0.2) is 46.0 Å². The van der Waals surface area contributed by atoms with Crippen molar-refractivity contribution in [1.82, 2.24) is 4.90 Å². The van der Waals surface area contributed by atoms with Crippen LogP contribution in [0.3, 0.4) is 0 Å². The zero-order valence-corrected chi connectivity index (χ0v) is 17.3. The summed E-state index contributed by atoms with van der Waals surface area (Å²) in [5.41, 5.74) is 0.253. The van der Waals surface area contributed by atoms with Crippen molar-refractivity contribution in [2.24, 2.45) is 0 Å². The summed E-state index contributed by atoms with van der Waals surface area (Å²) in [7, 11) is -3.15. The molecule has 1 atom stereocenters. The molecule has 2 saturated heterocycles. The quantitative estimate of drug-likeness (QED) is 0.302. The molecule has 11 heteroatoms. The largest absolute Gasteiger partial charge is 0.456 e. The summed E-state index contributed by atoms with van der Waals surface area (Å²) < 4.78 is 29.5. The minimum atomic E-state index is -3.15. The summed E-state index contributed by atoms with van der Waals surface area (Å²) in [5, 5.41) is 11.2. The summed E-state index contributed by atoms with van der Waals surface area (Å²) in [6.07, 6.45) is 1.88. The molecule has 8 nitrogen and oxygen atoms in total. The predicted octanol–water partition coefficient (Wildman–Crippen LogP) is 3.24. The van der Waals surface area contributed by atoms with Crippen molar-refractivity contribution >= 4 is 55.8 Å². The molecule has 1 amide bonds. The summed E-state index contributed by atoms with van der Waals surface area (Å²) in [4.78, 5) is 25.2. The number of hydrogen-bond donors (Lipinski definition) is 0. The van der Waals surface area contributed by atoms with Crippen LogP contribution < -0.4 is 0 Å². The average Bonchev–Trinajstić information content (AvgIpc) is 3.34. The number of furan rings is 1. The van der Waals surface area contributed by atoms with Gasteiger partial charge in [-0.1, -0.05) is 36.1 Å². The number of nitro groups is 1. The molecule has 2 aromatic rings. The first kappa shape index (κ1) is 19.8. The van der Waals surface area contributed by atoms with Gasteiger partial charge in [0.05, 0.1) is 32.9 Å². The average molecular weight is 451 g/mol. The number of rotatable bonds is 4. The Bertz CT molecular complexity index is 1170. The number of thiocarbonyl (C=S) groups is 1. The number of para-hydroxylation sites is 1. The SMILES string of the molecule is O=C1C(=Cc2ccc(-c3ccccc3[N+](=O)[O-])o2)SC(=S)N1C1CCS(=O)(=O)C1. The Hall–Kier alpha value is -2.50. The Kier molecular flexibility index (Phi) is 5.05. The maximum Gasteiger partial charge on any atom is 0.280 e. The van der Waals surface area contributed by atoms with E-state index in [1.807, 2.05) is 0 Å². The molecule has 2 aliphatic rings. The van der Waals surface area contributed by atoms with Gasteiger partial charge < -0.3 is 4.42 Å². The number of hydrogen-bond acceptors (Lipinski definition) is 8. The molecule has 1 unspecified atom stereocenters. The third-order valence-electron chi connectivity index (χ3n) is 4.66. The van der Waals surface area contributed by atoms with Gasteiger partial charge in [0.25, 0.3) is 11.6 Å². The molecule has 1 aromatic heterocycles. The first-order valence-corrected chi connectivity index (χ1v) is 11.6. The molecule has 3 heterocycles. The number of carbonyl (C=O) groups excluding carboxylic acids is 1. The number of thioether (sulfide) groups is 1. The Balaban J connectivity index is 1.59. The maximum atomic E-state index is 12.8. The third kappa shape index (κ3) is 3.85. The van der Waals surface area contributed by atoms with E-state index in [2.05, 4.69) is 0 Å². The van der Waals surface area contributed by atoms with Gasteiger partial charge in [-0.2, -0.15) is 0 Å². The van der Waals surface area contributed by atoms with Crippen LogP contribution in [0.2, 0.25) is 0 Å². The molecule has 2 aliphatic heterocycles. The molecule has 4 rings (SSSR count). The fourth-order valence-electron chi connectivity index (χ4n) is 3.32. The van der Waals surface area contributed by atoms with Crippen molar-refractivity contribution < 1.29 is 22.6 Å². The number of carbonyl (C=O) groups is 1. The van der Waals surface area contributed by atoms with Gasteiger partial charge in [-0.15, -0.1) is 0 Å². The summed E-state index contributed by atoms with van der Waals surface area (Å²) in [6.45, 7) is 0. The highest BCUT2D eigenvalue weighted by Crippen LogP contribution is 2.37. The Labute approximate surface area is 175 Å². The molecule has 1 aromatic carbocycles. The van der Waals surface area contributed by atoms with Crippen LogP contribution in [0, 0.1) is 10.1 Å². The first-order chi connectivity index (χ1) is 13.7. The van der Waals surface area contributed by atoms with E-state index in [-0.39, 0.29) is 23.1 Å². The molecule has 2 fully saturated rings. The molecule has 150 valence electrons. The zero-order valence-electron chi connectivity index (χ0n) is 14.8. The smallest absolute Gasteiger partial charge is 0.280 e. The highest BCUT2D eigenvalue weighted by atomic mass is 32.2. The van der Waals surface area contributed by atoms with Crippen LogP contribution in [0.4, 0.5) is 5.69 Å². The second kappa shape index (κ2) is 7.39. The highest BCUT2D eigenvalue weighted by Gasteiger charge is 2.42. The fraction of sp³-hybridized carbons (Fsp3) is 0.222. The van der Waals surface area contributed by atoms with E-state index in [1.54, 1.807) is 30.3 Å². The van der Waals surface area contributed by atoms with Crippen LogP contribution in [0.25, 0.3) is 17.4 Å². The first-order valence-electron chi connectivity index (χ1n) is 8.56. The van der Waals surface area contributed by atoms with Crippen molar-refractivity contribution in [1.29, 1.82) is 0 Å². The van der Waals surface area contributed by atoms with Gasteiger partial charge in [-0.05, 0) is 24.6 Å². The van der Waals surface area contributed by atoms with Gasteiger partial charge in [-0.3, -0.25) is 19.8 Å². The second-order valence-electron chi connectivity index (χ2n) is 6.58. The van der Waals surface area contributed by atoms with E-state index in [1.165, 1.54) is 17.0 Å². The van der Waals surface area contributed by atoms with Crippen molar-refractivity contribution in [3.8, 4) is 11.3 Å². The Morgan fingerprint density at radius 3 is 2.72 bits per heavy atom. The number of amides is 1. The summed E-state index contributed by atoms with van der Waals surface area (Å²) in [5.74, 6) is 0.254. The monoisotopic (exact) mass is 450 g/mol. The topological polar surface area (TPSA) is 111 Å². The van der Waals surface area contributed by atoms with E-state index in [0.717, 1.165) is 11.8 Å². The van der Waals surface area contributed by atoms with Crippen LogP contribution >= 0.6 is 24.0 Å². The third-order valence-corrected chi connectivity index (χ3v) is 7.74. The van der Waals surface area contributed by atoms with Crippen molar-refractivity contribution in [3.63, 3.8) is 0 Å². The van der Waals surface area contributed by atoms with E-state index in [9.17, 15) is 23.3 Å². The van der Waals surface area contributed by atoms with Crippen LogP contribution in [0.1, 0.15) is 12.2 Å². The Morgan fingerprint density at radius 2 is 2.03 bits per heavy atom. The summed E-state index contributed by atoms with van der Waals surface area (Å²) >= 11 is 6.36. The van der Waals surface area contributed by atoms with Gasteiger partial charge in [0.1, 0.15) is 15.8 Å². The standard InChI is InChI=1S/C18H14N2O6S3/c21-17-16(28-18(27)19(17)11-7-8-29(24,25)10-11)9-12-5-6-15(26-12)13-3-1-2-4-14(13)20(22)23/h1-6,9,11H,7-8,10H2. The van der Waals surface area contributed by atoms with Gasteiger partial charge in [-0.25, -0.2) is 8.42 Å². The van der Waals surface area contributed by atoms with Gasteiger partial charge in [0, 0.05) is 12.1 Å². The lowest BCUT2D eigenvalue weighted by Gasteiger charge is -2.20. The highest BCUT2D eigenvalue weighted by molar-refractivity contribution is 8.26. The van der Waals surface area contributed by atoms with Crippen molar-refractivity contribution in [3.05, 3.63) is 57.2 Å². The molecule has 0 radical (unpaired) electrons. The lowest BCUT2D eigenvalue weighted by molar-refractivity contribution is -0.384. The zero-order chi connectivity index (χ0) is 20.8. The fourth-order valence-corrected chi connectivity index (χ4v) is 6.40. The lowest BCUT2D eigenvalue weighted by atomic mass is 10.1. The number of nitro benzene ring substituents is 1. The molecule has 29 heavy (non-hydrogen) atoms. The van der Waals surface area contributed by atoms with Gasteiger partial charge in [0.2, 0.25) is 0 Å². The molecule has 0 aliphatic carbocycles. The number of benzene rings is 1. The number of nitrogens with zero attached hydrogens (tertiary/aromatic N) is 2. The molecular weight excluding hydrogens is 436 g/mol. The second-order valence-corrected chi connectivity index (χ2v) is 10.5. The van der Waals surface area contributed by atoms with E-state index in [4.69, 9.17) is 16.6 Å². The van der Waals surface area contributed by atoms with Crippen molar-refractivity contribution in [2.75, 3.05) is 11.5 Å². The molecule has 0 N–H and O–H groups in total. The Morgan fingerprint density at radius 1 is 1.28 bits per heavy atom. The lowest BCUT2D eigenvalue weighted by Crippen LogP contribution is -2.39. The van der Waals surface area contributed by atoms with Crippen molar-refractivity contribution in [2.45, 2.75) is 12.5 Å². The minimum Gasteiger partial charge on any atom is -0.456 e. The molecule has 0 bridgehead atoms.